The second kappa shape index (κ2) is 9.57. The number of nitrogens with zero attached hydrogens (tertiary/aromatic N) is 1. The summed E-state index contributed by atoms with van der Waals surface area (Å²) in [6.07, 6.45) is -1.05. The molecule has 1 aliphatic carbocycles. The Morgan fingerprint density at radius 3 is 2.35 bits per heavy atom. The first-order chi connectivity index (χ1) is 16.1. The van der Waals surface area contributed by atoms with E-state index in [9.17, 15) is 17.6 Å². The summed E-state index contributed by atoms with van der Waals surface area (Å²) in [6.45, 7) is 4.18. The molecular formula is C27H29F4N3. The molecule has 2 N–H and O–H groups in total. The minimum absolute atomic E-state index is 0.0369. The number of hydrogen-bond donors (Lipinski definition) is 2. The van der Waals surface area contributed by atoms with Crippen molar-refractivity contribution in [3.8, 4) is 0 Å². The molecular weight excluding hydrogens is 442 g/mol. The van der Waals surface area contributed by atoms with Crippen molar-refractivity contribution in [2.45, 2.75) is 43.9 Å². The Morgan fingerprint density at radius 1 is 0.971 bits per heavy atom. The number of halogens is 4. The molecule has 0 saturated heterocycles. The fourth-order valence-electron chi connectivity index (χ4n) is 4.58. The van der Waals surface area contributed by atoms with Gasteiger partial charge < -0.3 is 15.5 Å². The molecule has 0 bridgehead atoms. The maximum Gasteiger partial charge on any atom is 0.416 e. The van der Waals surface area contributed by atoms with Gasteiger partial charge in [0, 0.05) is 48.6 Å². The van der Waals surface area contributed by atoms with Crippen LogP contribution in [0.4, 0.5) is 28.9 Å². The van der Waals surface area contributed by atoms with Gasteiger partial charge >= 0.3 is 6.18 Å². The number of benzene rings is 3. The number of hydrogen-bond acceptors (Lipinski definition) is 3. The Balaban J connectivity index is 1.49. The van der Waals surface area contributed by atoms with Crippen LogP contribution in [0.15, 0.2) is 61.2 Å². The van der Waals surface area contributed by atoms with Crippen LogP contribution in [-0.4, -0.2) is 26.2 Å². The maximum absolute atomic E-state index is 13.9. The molecule has 1 aliphatic rings. The SMILES string of the molecule is C=C(NC1CCCC(Nc2cc(C(F)(F)F)cc3ccc(F)cc23)C1)c1ccc(N(C)C)cc1. The second-order valence-electron chi connectivity index (χ2n) is 9.16. The Labute approximate surface area is 197 Å². The molecule has 0 aliphatic heterocycles. The number of nitrogens with one attached hydrogen (secondary N) is 2. The van der Waals surface area contributed by atoms with Crippen molar-refractivity contribution in [1.29, 1.82) is 0 Å². The molecule has 3 nitrogen and oxygen atoms in total. The van der Waals surface area contributed by atoms with Gasteiger partial charge in [0.1, 0.15) is 5.82 Å². The monoisotopic (exact) mass is 471 g/mol. The van der Waals surface area contributed by atoms with Crippen LogP contribution in [0.5, 0.6) is 0 Å². The molecule has 2 atom stereocenters. The van der Waals surface area contributed by atoms with E-state index in [1.54, 1.807) is 0 Å². The van der Waals surface area contributed by atoms with E-state index in [0.717, 1.165) is 54.8 Å². The predicted molar refractivity (Wildman–Crippen MR) is 132 cm³/mol. The Bertz CT molecular complexity index is 1170. The molecule has 1 fully saturated rings. The molecule has 0 heterocycles. The highest BCUT2D eigenvalue weighted by atomic mass is 19.4. The lowest BCUT2D eigenvalue weighted by Crippen LogP contribution is -2.38. The standard InChI is InChI=1S/C27H29F4N3/c1-17(18-8-11-24(12-9-18)34(2)3)32-22-5-4-6-23(16-22)33-26-14-20(27(29,30)31)13-19-7-10-21(28)15-25(19)26/h7-15,22-23,32-33H,1,4-6,16H2,2-3H3. The minimum Gasteiger partial charge on any atom is -0.382 e. The van der Waals surface area contributed by atoms with Crippen molar-refractivity contribution in [1.82, 2.24) is 5.32 Å². The van der Waals surface area contributed by atoms with Gasteiger partial charge in [0.2, 0.25) is 0 Å². The molecule has 7 heteroatoms. The Morgan fingerprint density at radius 2 is 1.68 bits per heavy atom. The molecule has 180 valence electrons. The van der Waals surface area contributed by atoms with Crippen molar-refractivity contribution in [3.05, 3.63) is 78.1 Å². The van der Waals surface area contributed by atoms with E-state index in [0.29, 0.717) is 16.5 Å². The zero-order valence-electron chi connectivity index (χ0n) is 19.3. The summed E-state index contributed by atoms with van der Waals surface area (Å²) in [4.78, 5) is 2.03. The van der Waals surface area contributed by atoms with Crippen LogP contribution in [-0.2, 0) is 6.18 Å². The van der Waals surface area contributed by atoms with Crippen LogP contribution >= 0.6 is 0 Å². The van der Waals surface area contributed by atoms with E-state index in [-0.39, 0.29) is 12.1 Å². The number of alkyl halides is 3. The maximum atomic E-state index is 13.9. The molecule has 2 unspecified atom stereocenters. The van der Waals surface area contributed by atoms with E-state index >= 15 is 0 Å². The third-order valence-corrected chi connectivity index (χ3v) is 6.39. The second-order valence-corrected chi connectivity index (χ2v) is 9.16. The van der Waals surface area contributed by atoms with Gasteiger partial charge in [-0.25, -0.2) is 4.39 Å². The zero-order valence-corrected chi connectivity index (χ0v) is 19.3. The zero-order chi connectivity index (χ0) is 24.5. The fourth-order valence-corrected chi connectivity index (χ4v) is 4.58. The summed E-state index contributed by atoms with van der Waals surface area (Å²) in [5.74, 6) is -0.477. The molecule has 34 heavy (non-hydrogen) atoms. The van der Waals surface area contributed by atoms with Gasteiger partial charge in [-0.3, -0.25) is 0 Å². The third-order valence-electron chi connectivity index (χ3n) is 6.39. The van der Waals surface area contributed by atoms with Gasteiger partial charge in [-0.15, -0.1) is 0 Å². The molecule has 0 radical (unpaired) electrons. The smallest absolute Gasteiger partial charge is 0.382 e. The summed E-state index contributed by atoms with van der Waals surface area (Å²) in [5.41, 5.74) is 2.49. The van der Waals surface area contributed by atoms with Crippen molar-refractivity contribution in [3.63, 3.8) is 0 Å². The highest BCUT2D eigenvalue weighted by molar-refractivity contribution is 5.95. The third kappa shape index (κ3) is 5.46. The fraction of sp³-hybridized carbons (Fsp3) is 0.333. The van der Waals surface area contributed by atoms with E-state index in [1.807, 2.05) is 43.3 Å². The lowest BCUT2D eigenvalue weighted by atomic mass is 9.90. The normalized spacial score (nSPS) is 18.5. The van der Waals surface area contributed by atoms with Crippen molar-refractivity contribution in [2.75, 3.05) is 24.3 Å². The highest BCUT2D eigenvalue weighted by Gasteiger charge is 2.32. The van der Waals surface area contributed by atoms with Gasteiger partial charge in [-0.2, -0.15) is 13.2 Å². The van der Waals surface area contributed by atoms with Gasteiger partial charge in [0.25, 0.3) is 0 Å². The predicted octanol–water partition coefficient (Wildman–Crippen LogP) is 7.05. The van der Waals surface area contributed by atoms with Gasteiger partial charge in [-0.1, -0.05) is 24.8 Å². The van der Waals surface area contributed by atoms with E-state index in [1.165, 1.54) is 18.2 Å². The van der Waals surface area contributed by atoms with Gasteiger partial charge in [0.15, 0.2) is 0 Å². The molecule has 3 aromatic rings. The lowest BCUT2D eigenvalue weighted by molar-refractivity contribution is -0.137. The Hall–Kier alpha value is -3.22. The quantitative estimate of drug-likeness (QED) is 0.377. The van der Waals surface area contributed by atoms with Crippen LogP contribution in [0.1, 0.15) is 36.8 Å². The van der Waals surface area contributed by atoms with E-state index < -0.39 is 17.6 Å². The lowest BCUT2D eigenvalue weighted by Gasteiger charge is -2.32. The molecule has 0 amide bonds. The highest BCUT2D eigenvalue weighted by Crippen LogP contribution is 2.37. The first-order valence-electron chi connectivity index (χ1n) is 11.4. The molecule has 4 rings (SSSR count). The first-order valence-corrected chi connectivity index (χ1v) is 11.4. The van der Waals surface area contributed by atoms with E-state index in [4.69, 9.17) is 0 Å². The van der Waals surface area contributed by atoms with E-state index in [2.05, 4.69) is 17.2 Å². The summed E-state index contributed by atoms with van der Waals surface area (Å²) < 4.78 is 54.3. The number of rotatable bonds is 6. The van der Waals surface area contributed by atoms with Crippen LogP contribution < -0.4 is 15.5 Å². The summed E-state index contributed by atoms with van der Waals surface area (Å²) in [7, 11) is 3.97. The van der Waals surface area contributed by atoms with Crippen molar-refractivity contribution in [2.24, 2.45) is 0 Å². The topological polar surface area (TPSA) is 27.3 Å². The van der Waals surface area contributed by atoms with Crippen LogP contribution in [0, 0.1) is 5.82 Å². The molecule has 0 spiro atoms. The summed E-state index contributed by atoms with van der Waals surface area (Å²) in [5, 5.41) is 7.59. The van der Waals surface area contributed by atoms with Crippen LogP contribution in [0.25, 0.3) is 16.5 Å². The summed E-state index contributed by atoms with van der Waals surface area (Å²) in [6, 6.07) is 14.2. The van der Waals surface area contributed by atoms with Gasteiger partial charge in [-0.05, 0) is 73.0 Å². The van der Waals surface area contributed by atoms with Crippen LogP contribution in [0.2, 0.25) is 0 Å². The average Bonchev–Trinajstić information content (AvgIpc) is 2.79. The summed E-state index contributed by atoms with van der Waals surface area (Å²) >= 11 is 0. The Kier molecular flexibility index (Phi) is 6.73. The van der Waals surface area contributed by atoms with Gasteiger partial charge in [0.05, 0.1) is 5.56 Å². The average molecular weight is 472 g/mol. The number of fused-ring (bicyclic) bond motifs is 1. The minimum atomic E-state index is -4.48. The first kappa shape index (κ1) is 23.9. The van der Waals surface area contributed by atoms with Crippen LogP contribution in [0.3, 0.4) is 0 Å². The molecule has 1 saturated carbocycles. The molecule has 3 aromatic carbocycles. The largest absolute Gasteiger partial charge is 0.416 e. The number of anilines is 2. The van der Waals surface area contributed by atoms with Crippen molar-refractivity contribution >= 4 is 27.8 Å². The molecule has 0 aromatic heterocycles. The van der Waals surface area contributed by atoms with Crippen molar-refractivity contribution < 1.29 is 17.6 Å².